The quantitative estimate of drug-likeness (QED) is 0.353. The van der Waals surface area contributed by atoms with Crippen LogP contribution in [0.15, 0.2) is 53.7 Å². The van der Waals surface area contributed by atoms with E-state index in [0.717, 1.165) is 28.7 Å². The lowest BCUT2D eigenvalue weighted by Crippen LogP contribution is -2.32. The van der Waals surface area contributed by atoms with Gasteiger partial charge in [-0.1, -0.05) is 88.3 Å². The first-order valence-corrected chi connectivity index (χ1v) is 14.9. The van der Waals surface area contributed by atoms with Crippen molar-refractivity contribution in [3.05, 3.63) is 75.9 Å². The lowest BCUT2D eigenvalue weighted by atomic mass is 9.81. The molecule has 0 saturated heterocycles. The number of rotatable bonds is 8. The van der Waals surface area contributed by atoms with Gasteiger partial charge >= 0.3 is 7.60 Å². The zero-order valence-corrected chi connectivity index (χ0v) is 24.6. The van der Waals surface area contributed by atoms with Crippen LogP contribution in [0.1, 0.15) is 97.4 Å². The number of hydrogen-bond acceptors (Lipinski definition) is 4. The van der Waals surface area contributed by atoms with E-state index in [1.807, 2.05) is 44.2 Å². The molecule has 0 heterocycles. The summed E-state index contributed by atoms with van der Waals surface area (Å²) >= 11 is 0. The van der Waals surface area contributed by atoms with Crippen molar-refractivity contribution in [2.24, 2.45) is 0 Å². The van der Waals surface area contributed by atoms with Crippen LogP contribution >= 0.6 is 7.60 Å². The summed E-state index contributed by atoms with van der Waals surface area (Å²) in [4.78, 5) is 0. The molecular weight excluding hydrogens is 467 g/mol. The van der Waals surface area contributed by atoms with Crippen molar-refractivity contribution in [3.63, 3.8) is 0 Å². The molecule has 36 heavy (non-hydrogen) atoms. The molecule has 2 aliphatic rings. The van der Waals surface area contributed by atoms with E-state index in [0.29, 0.717) is 25.0 Å². The second kappa shape index (κ2) is 10.5. The molecule has 0 fully saturated rings. The van der Waals surface area contributed by atoms with Crippen molar-refractivity contribution in [3.8, 4) is 5.75 Å². The maximum atomic E-state index is 14.8. The maximum absolute atomic E-state index is 14.8. The van der Waals surface area contributed by atoms with Crippen molar-refractivity contribution in [1.29, 1.82) is 0 Å². The Balaban J connectivity index is 2.13. The largest absolute Gasteiger partial charge is 0.507 e. The topological polar surface area (TPSA) is 55.8 Å². The Bertz CT molecular complexity index is 1120. The molecule has 2 atom stereocenters. The molecular formula is C31H45O4P. The van der Waals surface area contributed by atoms with Crippen LogP contribution < -0.4 is 0 Å². The fraction of sp³-hybridized carbons (Fsp3) is 0.548. The first-order valence-electron chi connectivity index (χ1n) is 13.2. The van der Waals surface area contributed by atoms with Crippen LogP contribution in [0.25, 0.3) is 0 Å². The van der Waals surface area contributed by atoms with Gasteiger partial charge in [-0.15, -0.1) is 0 Å². The van der Waals surface area contributed by atoms with Crippen LogP contribution in [-0.4, -0.2) is 16.3 Å². The molecule has 0 amide bonds. The molecule has 0 aromatic heterocycles. The molecule has 3 rings (SSSR count). The van der Waals surface area contributed by atoms with E-state index in [1.165, 1.54) is 11.1 Å². The van der Waals surface area contributed by atoms with Gasteiger partial charge in [0.25, 0.3) is 0 Å². The highest BCUT2D eigenvalue weighted by atomic mass is 31.2. The van der Waals surface area contributed by atoms with Gasteiger partial charge < -0.3 is 5.11 Å². The Morgan fingerprint density at radius 3 is 1.78 bits per heavy atom. The number of phenolic OH excluding ortho intramolecular Hbond substituents is 1. The normalized spacial score (nSPS) is 25.9. The number of phenols is 1. The highest BCUT2D eigenvalue weighted by Gasteiger charge is 2.42. The third-order valence-corrected chi connectivity index (χ3v) is 9.22. The van der Waals surface area contributed by atoms with Gasteiger partial charge in [0.05, 0.1) is 17.4 Å². The summed E-state index contributed by atoms with van der Waals surface area (Å²) in [7, 11) is -3.66. The molecule has 0 bridgehead atoms. The molecule has 1 aromatic rings. The number of hydrogen-bond donors (Lipinski definition) is 1. The number of benzene rings is 1. The number of allylic oxidation sites excluding steroid dienone is 4. The van der Waals surface area contributed by atoms with E-state index in [2.05, 4.69) is 60.6 Å². The van der Waals surface area contributed by atoms with Crippen LogP contribution in [0.4, 0.5) is 0 Å². The van der Waals surface area contributed by atoms with Gasteiger partial charge in [0.2, 0.25) is 0 Å². The minimum atomic E-state index is -3.66. The lowest BCUT2D eigenvalue weighted by Gasteiger charge is -2.38. The van der Waals surface area contributed by atoms with E-state index in [9.17, 15) is 9.67 Å². The van der Waals surface area contributed by atoms with Crippen LogP contribution in [0, 0.1) is 0 Å². The third kappa shape index (κ3) is 6.52. The summed E-state index contributed by atoms with van der Waals surface area (Å²) < 4.78 is 28.0. The van der Waals surface area contributed by atoms with Gasteiger partial charge in [-0.3, -0.25) is 13.6 Å². The minimum Gasteiger partial charge on any atom is -0.507 e. The summed E-state index contributed by atoms with van der Waals surface area (Å²) in [5.41, 5.74) is 4.41. The van der Waals surface area contributed by atoms with E-state index in [1.54, 1.807) is 0 Å². The molecule has 1 N–H and O–H groups in total. The second-order valence-electron chi connectivity index (χ2n) is 12.0. The highest BCUT2D eigenvalue weighted by Crippen LogP contribution is 2.60. The smallest absolute Gasteiger partial charge is 0.336 e. The van der Waals surface area contributed by atoms with Gasteiger partial charge in [0.1, 0.15) is 5.75 Å². The predicted molar refractivity (Wildman–Crippen MR) is 151 cm³/mol. The van der Waals surface area contributed by atoms with Gasteiger partial charge in [-0.2, -0.15) is 0 Å². The lowest BCUT2D eigenvalue weighted by molar-refractivity contribution is 0.0566. The predicted octanol–water partition coefficient (Wildman–Crippen LogP) is 8.87. The van der Waals surface area contributed by atoms with Crippen LogP contribution in [0.5, 0.6) is 5.75 Å². The molecule has 4 nitrogen and oxygen atoms in total. The third-order valence-electron chi connectivity index (χ3n) is 7.10. The van der Waals surface area contributed by atoms with E-state index < -0.39 is 18.8 Å². The van der Waals surface area contributed by atoms with Gasteiger partial charge in [0.15, 0.2) is 0 Å². The zero-order valence-electron chi connectivity index (χ0n) is 23.7. The molecule has 2 unspecified atom stereocenters. The molecule has 0 aliphatic heterocycles. The van der Waals surface area contributed by atoms with Gasteiger partial charge in [-0.05, 0) is 68.2 Å². The van der Waals surface area contributed by atoms with Gasteiger partial charge in [0, 0.05) is 12.8 Å². The van der Waals surface area contributed by atoms with Crippen molar-refractivity contribution >= 4 is 7.60 Å². The fourth-order valence-electron chi connectivity index (χ4n) is 5.59. The average molecular weight is 513 g/mol. The zero-order chi connectivity index (χ0) is 26.9. The van der Waals surface area contributed by atoms with Crippen molar-refractivity contribution in [2.75, 3.05) is 0 Å². The highest BCUT2D eigenvalue weighted by molar-refractivity contribution is 7.53. The average Bonchev–Trinajstić information content (AvgIpc) is 2.72. The Labute approximate surface area is 218 Å². The molecule has 198 valence electrons. The molecule has 5 heteroatoms. The van der Waals surface area contributed by atoms with E-state index in [-0.39, 0.29) is 11.6 Å². The summed E-state index contributed by atoms with van der Waals surface area (Å²) in [6, 6.07) is 2.03. The monoisotopic (exact) mass is 512 g/mol. The molecule has 0 spiro atoms. The SMILES string of the molecule is CCc1c(CP(=O)(OC2(C)C=CC=C(C)C2)OC2(C)C=CC=C(C)C2)cc(C(C)(C)C)c(O)c1CC. The summed E-state index contributed by atoms with van der Waals surface area (Å²) in [6.07, 6.45) is 14.9. The van der Waals surface area contributed by atoms with E-state index in [4.69, 9.17) is 9.05 Å². The Kier molecular flexibility index (Phi) is 8.35. The molecule has 2 aliphatic carbocycles. The molecule has 1 aromatic carbocycles. The fourth-order valence-corrected chi connectivity index (χ4v) is 7.98. The standard InChI is InChI=1S/C31H45O4P/c1-10-25-24(18-27(29(5,6)7)28(32)26(25)11-2)21-36(33,34-30(8)16-12-14-22(3)19-30)35-31(9)17-13-15-23(4)20-31/h12-18,32H,10-11,19-21H2,1-9H3. The molecule has 0 radical (unpaired) electrons. The van der Waals surface area contributed by atoms with Gasteiger partial charge in [-0.25, -0.2) is 0 Å². The van der Waals surface area contributed by atoms with Crippen molar-refractivity contribution in [2.45, 2.75) is 111 Å². The summed E-state index contributed by atoms with van der Waals surface area (Å²) in [5.74, 6) is 0.355. The number of aromatic hydroxyl groups is 1. The first kappa shape index (κ1) is 28.7. The van der Waals surface area contributed by atoms with Crippen LogP contribution in [0.3, 0.4) is 0 Å². The Morgan fingerprint density at radius 2 is 1.39 bits per heavy atom. The van der Waals surface area contributed by atoms with E-state index >= 15 is 0 Å². The Morgan fingerprint density at radius 1 is 0.917 bits per heavy atom. The maximum Gasteiger partial charge on any atom is 0.336 e. The first-order chi connectivity index (χ1) is 16.6. The van der Waals surface area contributed by atoms with Crippen molar-refractivity contribution in [1.82, 2.24) is 0 Å². The summed E-state index contributed by atoms with van der Waals surface area (Å²) in [5, 5.41) is 11.2. The second-order valence-corrected chi connectivity index (χ2v) is 13.9. The Hall–Kier alpha value is -1.87. The van der Waals surface area contributed by atoms with Crippen LogP contribution in [0.2, 0.25) is 0 Å². The summed E-state index contributed by atoms with van der Waals surface area (Å²) in [6.45, 7) is 18.5. The van der Waals surface area contributed by atoms with Crippen molar-refractivity contribution < 1.29 is 18.7 Å². The minimum absolute atomic E-state index is 0.158. The van der Waals surface area contributed by atoms with Crippen LogP contribution in [-0.2, 0) is 38.0 Å². The molecule has 0 saturated carbocycles.